The maximum absolute atomic E-state index is 9.14. The Morgan fingerprint density at radius 2 is 2.17 bits per heavy atom. The van der Waals surface area contributed by atoms with Crippen LogP contribution < -0.4 is 0 Å². The molecule has 0 aromatic heterocycles. The molecule has 0 radical (unpaired) electrons. The molecular formula is C15H18N2O. The minimum absolute atomic E-state index is 0.444. The Bertz CT molecular complexity index is 462. The number of hydrogen-bond acceptors (Lipinski definition) is 3. The lowest BCUT2D eigenvalue weighted by atomic mass is 9.98. The van der Waals surface area contributed by atoms with Gasteiger partial charge in [-0.15, -0.1) is 0 Å². The number of likely N-dealkylation sites (tertiary alicyclic amines) is 1. The summed E-state index contributed by atoms with van der Waals surface area (Å²) in [6.45, 7) is 2.93. The topological polar surface area (TPSA) is 39.6 Å². The Balaban J connectivity index is 1.75. The second-order valence-electron chi connectivity index (χ2n) is 5.17. The first-order valence-corrected chi connectivity index (χ1v) is 6.72. The molecule has 0 N–H and O–H groups in total. The second kappa shape index (κ2) is 5.09. The average molecular weight is 242 g/mol. The summed E-state index contributed by atoms with van der Waals surface area (Å²) >= 11 is 0. The normalized spacial score (nSPS) is 27.7. The van der Waals surface area contributed by atoms with Gasteiger partial charge in [0.2, 0.25) is 0 Å². The SMILES string of the molecule is N#Cc1ccccc1CN1CCCCC1C1CO1. The molecule has 3 heteroatoms. The Kier molecular flexibility index (Phi) is 3.31. The van der Waals surface area contributed by atoms with Crippen LogP contribution in [0.15, 0.2) is 24.3 Å². The third kappa shape index (κ3) is 2.40. The van der Waals surface area contributed by atoms with Crippen molar-refractivity contribution in [3.63, 3.8) is 0 Å². The van der Waals surface area contributed by atoms with Crippen molar-refractivity contribution in [2.45, 2.75) is 38.0 Å². The van der Waals surface area contributed by atoms with E-state index in [1.54, 1.807) is 0 Å². The summed E-state index contributed by atoms with van der Waals surface area (Å²) in [7, 11) is 0. The molecule has 18 heavy (non-hydrogen) atoms. The number of ether oxygens (including phenoxy) is 1. The van der Waals surface area contributed by atoms with Gasteiger partial charge >= 0.3 is 0 Å². The Hall–Kier alpha value is -1.37. The van der Waals surface area contributed by atoms with Crippen LogP contribution in [0.5, 0.6) is 0 Å². The van der Waals surface area contributed by atoms with E-state index in [0.29, 0.717) is 12.1 Å². The lowest BCUT2D eigenvalue weighted by Crippen LogP contribution is -2.42. The van der Waals surface area contributed by atoms with Crippen molar-refractivity contribution >= 4 is 0 Å². The van der Waals surface area contributed by atoms with Gasteiger partial charge in [0.05, 0.1) is 24.3 Å². The molecule has 2 saturated heterocycles. The van der Waals surface area contributed by atoms with Gasteiger partial charge in [-0.2, -0.15) is 5.26 Å². The van der Waals surface area contributed by atoms with E-state index in [4.69, 9.17) is 10.00 Å². The van der Waals surface area contributed by atoms with Crippen molar-refractivity contribution in [3.8, 4) is 6.07 Å². The van der Waals surface area contributed by atoms with Crippen molar-refractivity contribution < 1.29 is 4.74 Å². The summed E-state index contributed by atoms with van der Waals surface area (Å²) in [6.07, 6.45) is 4.25. The molecule has 2 heterocycles. The minimum atomic E-state index is 0.444. The number of nitrogens with zero attached hydrogens (tertiary/aromatic N) is 2. The Morgan fingerprint density at radius 1 is 1.33 bits per heavy atom. The van der Waals surface area contributed by atoms with Crippen LogP contribution in [0.1, 0.15) is 30.4 Å². The third-order valence-electron chi connectivity index (χ3n) is 3.96. The maximum atomic E-state index is 9.14. The van der Waals surface area contributed by atoms with Gasteiger partial charge in [0.1, 0.15) is 0 Å². The van der Waals surface area contributed by atoms with Crippen molar-refractivity contribution in [2.75, 3.05) is 13.2 Å². The second-order valence-corrected chi connectivity index (χ2v) is 5.17. The molecule has 1 aromatic carbocycles. The lowest BCUT2D eigenvalue weighted by molar-refractivity contribution is 0.113. The lowest BCUT2D eigenvalue weighted by Gasteiger charge is -2.35. The minimum Gasteiger partial charge on any atom is -0.371 e. The van der Waals surface area contributed by atoms with Gasteiger partial charge in [-0.3, -0.25) is 4.90 Å². The van der Waals surface area contributed by atoms with E-state index in [0.717, 1.165) is 30.8 Å². The van der Waals surface area contributed by atoms with Crippen LogP contribution in [-0.4, -0.2) is 30.2 Å². The highest BCUT2D eigenvalue weighted by atomic mass is 16.6. The van der Waals surface area contributed by atoms with Crippen molar-refractivity contribution in [1.82, 2.24) is 4.90 Å². The van der Waals surface area contributed by atoms with Crippen molar-refractivity contribution in [3.05, 3.63) is 35.4 Å². The highest BCUT2D eigenvalue weighted by molar-refractivity contribution is 5.37. The number of rotatable bonds is 3. The van der Waals surface area contributed by atoms with Gasteiger partial charge < -0.3 is 4.74 Å². The zero-order chi connectivity index (χ0) is 12.4. The number of benzene rings is 1. The molecule has 2 unspecified atom stereocenters. The summed E-state index contributed by atoms with van der Waals surface area (Å²) in [5.41, 5.74) is 1.95. The summed E-state index contributed by atoms with van der Waals surface area (Å²) in [6, 6.07) is 10.8. The molecule has 0 bridgehead atoms. The molecule has 0 aliphatic carbocycles. The van der Waals surface area contributed by atoms with E-state index in [2.05, 4.69) is 17.0 Å². The van der Waals surface area contributed by atoms with Crippen LogP contribution in [-0.2, 0) is 11.3 Å². The van der Waals surface area contributed by atoms with E-state index in [9.17, 15) is 0 Å². The molecule has 0 saturated carbocycles. The molecule has 1 aromatic rings. The van der Waals surface area contributed by atoms with E-state index in [1.807, 2.05) is 18.2 Å². The zero-order valence-electron chi connectivity index (χ0n) is 10.5. The van der Waals surface area contributed by atoms with Crippen molar-refractivity contribution in [1.29, 1.82) is 5.26 Å². The van der Waals surface area contributed by atoms with Gasteiger partial charge in [0.15, 0.2) is 0 Å². The summed E-state index contributed by atoms with van der Waals surface area (Å²) < 4.78 is 5.47. The van der Waals surface area contributed by atoms with Crippen LogP contribution in [0.4, 0.5) is 0 Å². The first-order chi connectivity index (χ1) is 8.88. The standard InChI is InChI=1S/C15H18N2O/c16-9-12-5-1-2-6-13(12)10-17-8-4-3-7-14(17)15-11-18-15/h1-2,5-6,14-15H,3-4,7-8,10-11H2. The molecule has 3 rings (SSSR count). The molecule has 2 fully saturated rings. The predicted molar refractivity (Wildman–Crippen MR) is 68.9 cm³/mol. The van der Waals surface area contributed by atoms with Gasteiger partial charge in [-0.05, 0) is 31.0 Å². The fraction of sp³-hybridized carbons (Fsp3) is 0.533. The number of hydrogen-bond donors (Lipinski definition) is 0. The predicted octanol–water partition coefficient (Wildman–Crippen LogP) is 2.31. The molecule has 0 amide bonds. The zero-order valence-corrected chi connectivity index (χ0v) is 10.5. The molecule has 94 valence electrons. The van der Waals surface area contributed by atoms with E-state index in [1.165, 1.54) is 19.3 Å². The number of piperidine rings is 1. The first kappa shape index (κ1) is 11.7. The molecular weight excluding hydrogens is 224 g/mol. The summed E-state index contributed by atoms with van der Waals surface area (Å²) in [4.78, 5) is 2.50. The molecule has 2 atom stereocenters. The average Bonchev–Trinajstić information content (AvgIpc) is 3.24. The summed E-state index contributed by atoms with van der Waals surface area (Å²) in [5.74, 6) is 0. The molecule has 2 aliphatic rings. The Morgan fingerprint density at radius 3 is 2.94 bits per heavy atom. The van der Waals surface area contributed by atoms with Gasteiger partial charge in [0, 0.05) is 12.6 Å². The maximum Gasteiger partial charge on any atom is 0.0995 e. The van der Waals surface area contributed by atoms with Crippen LogP contribution >= 0.6 is 0 Å². The van der Waals surface area contributed by atoms with Gasteiger partial charge in [-0.1, -0.05) is 24.6 Å². The molecule has 2 aliphatic heterocycles. The van der Waals surface area contributed by atoms with Gasteiger partial charge in [-0.25, -0.2) is 0 Å². The van der Waals surface area contributed by atoms with Crippen LogP contribution in [0.3, 0.4) is 0 Å². The van der Waals surface area contributed by atoms with E-state index < -0.39 is 0 Å². The first-order valence-electron chi connectivity index (χ1n) is 6.72. The van der Waals surface area contributed by atoms with Gasteiger partial charge in [0.25, 0.3) is 0 Å². The third-order valence-corrected chi connectivity index (χ3v) is 3.96. The molecule has 0 spiro atoms. The summed E-state index contributed by atoms with van der Waals surface area (Å²) in [5, 5.41) is 9.14. The van der Waals surface area contributed by atoms with Crippen LogP contribution in [0, 0.1) is 11.3 Å². The number of nitriles is 1. The van der Waals surface area contributed by atoms with Crippen molar-refractivity contribution in [2.24, 2.45) is 0 Å². The Labute approximate surface area is 108 Å². The largest absolute Gasteiger partial charge is 0.371 e. The quantitative estimate of drug-likeness (QED) is 0.764. The van der Waals surface area contributed by atoms with Crippen LogP contribution in [0.25, 0.3) is 0 Å². The highest BCUT2D eigenvalue weighted by Gasteiger charge is 2.37. The number of epoxide rings is 1. The highest BCUT2D eigenvalue weighted by Crippen LogP contribution is 2.29. The van der Waals surface area contributed by atoms with Crippen LogP contribution in [0.2, 0.25) is 0 Å². The monoisotopic (exact) mass is 242 g/mol. The van der Waals surface area contributed by atoms with E-state index >= 15 is 0 Å². The molecule has 3 nitrogen and oxygen atoms in total. The fourth-order valence-corrected chi connectivity index (χ4v) is 2.90. The smallest absolute Gasteiger partial charge is 0.0995 e. The fourth-order valence-electron chi connectivity index (χ4n) is 2.90. The van der Waals surface area contributed by atoms with E-state index in [-0.39, 0.29) is 0 Å².